The molecule has 402 valence electrons. The first-order valence-corrected chi connectivity index (χ1v) is 26.7. The summed E-state index contributed by atoms with van der Waals surface area (Å²) >= 11 is 4.20. The van der Waals surface area contributed by atoms with E-state index in [0.29, 0.717) is 104 Å². The number of hydrogen-bond donors (Lipinski definition) is 3. The first kappa shape index (κ1) is 52.8. The van der Waals surface area contributed by atoms with Gasteiger partial charge in [-0.1, -0.05) is 36.4 Å². The number of nitrogens with one attached hydrogen (secondary N) is 2. The number of aliphatic imine (C=N–C) groups is 1. The fraction of sp³-hybridized carbons (Fsp3) is 0.379. The number of ether oxygens (including phenoxy) is 6. The van der Waals surface area contributed by atoms with E-state index in [-0.39, 0.29) is 80.8 Å². The van der Waals surface area contributed by atoms with Crippen LogP contribution in [0.2, 0.25) is 0 Å². The van der Waals surface area contributed by atoms with Gasteiger partial charge in [0, 0.05) is 94.0 Å². The van der Waals surface area contributed by atoms with Crippen molar-refractivity contribution in [3.8, 4) is 23.0 Å². The van der Waals surface area contributed by atoms with Crippen molar-refractivity contribution in [3.05, 3.63) is 124 Å². The number of carbonyl (C=O) groups excluding carboxylic acids is 5. The zero-order chi connectivity index (χ0) is 53.6. The van der Waals surface area contributed by atoms with Crippen LogP contribution in [-0.2, 0) is 49.9 Å². The largest absolute Gasteiger partial charge is 0.493 e. The van der Waals surface area contributed by atoms with Gasteiger partial charge in [0.25, 0.3) is 11.8 Å². The number of thiol groups is 1. The number of imide groups is 1. The highest BCUT2D eigenvalue weighted by atomic mass is 32.1. The summed E-state index contributed by atoms with van der Waals surface area (Å²) in [5.41, 5.74) is 8.41. The van der Waals surface area contributed by atoms with Crippen molar-refractivity contribution in [1.29, 1.82) is 0 Å². The van der Waals surface area contributed by atoms with Gasteiger partial charge in [0.05, 0.1) is 73.9 Å². The topological polar surface area (TPSA) is 190 Å². The highest BCUT2D eigenvalue weighted by molar-refractivity contribution is 7.81. The Morgan fingerprint density at radius 2 is 1.42 bits per heavy atom. The minimum Gasteiger partial charge on any atom is -0.493 e. The van der Waals surface area contributed by atoms with Crippen LogP contribution in [0.1, 0.15) is 69.2 Å². The number of likely N-dealkylation sites (tertiary alicyclic amines) is 1. The number of hydrogen-bond acceptors (Lipinski definition) is 15. The number of benzene rings is 5. The van der Waals surface area contributed by atoms with Gasteiger partial charge in [0.15, 0.2) is 23.0 Å². The number of carbonyl (C=O) groups is 5. The molecule has 0 bridgehead atoms. The first-order chi connectivity index (χ1) is 37.5. The van der Waals surface area contributed by atoms with Crippen LogP contribution < -0.4 is 44.3 Å². The predicted molar refractivity (Wildman–Crippen MR) is 295 cm³/mol. The Morgan fingerprint density at radius 1 is 0.753 bits per heavy atom. The van der Waals surface area contributed by atoms with E-state index in [2.05, 4.69) is 34.2 Å². The fourth-order valence-corrected chi connectivity index (χ4v) is 10.9. The minimum absolute atomic E-state index is 0.0458. The van der Waals surface area contributed by atoms with Gasteiger partial charge < -0.3 is 48.9 Å². The Morgan fingerprint density at radius 3 is 2.12 bits per heavy atom. The fourth-order valence-electron chi connectivity index (χ4n) is 10.7. The number of anilines is 4. The van der Waals surface area contributed by atoms with Gasteiger partial charge in [-0.25, -0.2) is 0 Å². The lowest BCUT2D eigenvalue weighted by atomic mass is 10.1. The number of nitrogens with zero attached hydrogens (tertiary/aromatic N) is 5. The van der Waals surface area contributed by atoms with Crippen LogP contribution in [0.3, 0.4) is 0 Å². The highest BCUT2D eigenvalue weighted by Gasteiger charge is 2.39. The lowest BCUT2D eigenvalue weighted by Gasteiger charge is -2.26. The quantitative estimate of drug-likeness (QED) is 0.0346. The van der Waals surface area contributed by atoms with E-state index < -0.39 is 5.25 Å². The van der Waals surface area contributed by atoms with E-state index in [4.69, 9.17) is 33.4 Å². The third-order valence-corrected chi connectivity index (χ3v) is 14.9. The van der Waals surface area contributed by atoms with Crippen LogP contribution in [0.15, 0.2) is 96.0 Å². The van der Waals surface area contributed by atoms with E-state index in [1.54, 1.807) is 30.2 Å². The molecule has 18 nitrogen and oxygen atoms in total. The van der Waals surface area contributed by atoms with E-state index in [0.717, 1.165) is 50.6 Å². The van der Waals surface area contributed by atoms with Gasteiger partial charge in [-0.3, -0.25) is 38.8 Å². The number of fused-ring (bicyclic) bond motifs is 8. The summed E-state index contributed by atoms with van der Waals surface area (Å²) < 4.78 is 36.5. The predicted octanol–water partition coefficient (Wildman–Crippen LogP) is 6.96. The van der Waals surface area contributed by atoms with Crippen LogP contribution in [0.5, 0.6) is 23.0 Å². The monoisotopic (exact) mass is 1070 g/mol. The van der Waals surface area contributed by atoms with Crippen LogP contribution in [-0.4, -0.2) is 131 Å². The smallest absolute Gasteiger partial charge is 0.261 e. The zero-order valence-electron chi connectivity index (χ0n) is 43.5. The van der Waals surface area contributed by atoms with Crippen molar-refractivity contribution in [2.24, 2.45) is 4.99 Å². The Hall–Kier alpha value is -7.61. The van der Waals surface area contributed by atoms with Crippen molar-refractivity contribution in [2.45, 2.75) is 69.6 Å². The second kappa shape index (κ2) is 23.7. The molecule has 10 rings (SSSR count). The molecule has 3 atom stereocenters. The molecule has 19 heteroatoms. The van der Waals surface area contributed by atoms with Crippen molar-refractivity contribution in [3.63, 3.8) is 0 Å². The van der Waals surface area contributed by atoms with E-state index >= 15 is 0 Å². The van der Waals surface area contributed by atoms with Crippen molar-refractivity contribution in [1.82, 2.24) is 10.2 Å². The molecule has 5 aromatic carbocycles. The van der Waals surface area contributed by atoms with Crippen molar-refractivity contribution >= 4 is 76.8 Å². The van der Waals surface area contributed by atoms with E-state index in [9.17, 15) is 24.0 Å². The summed E-state index contributed by atoms with van der Waals surface area (Å²) in [7, 11) is 3.09. The zero-order valence-corrected chi connectivity index (χ0v) is 44.4. The third-order valence-electron chi connectivity index (χ3n) is 14.5. The van der Waals surface area contributed by atoms with Gasteiger partial charge in [-0.2, -0.15) is 12.6 Å². The van der Waals surface area contributed by atoms with Gasteiger partial charge in [0.1, 0.15) is 13.2 Å². The molecule has 1 saturated heterocycles. The number of para-hydroxylation sites is 2. The van der Waals surface area contributed by atoms with Crippen LogP contribution in [0.25, 0.3) is 0 Å². The van der Waals surface area contributed by atoms with Gasteiger partial charge >= 0.3 is 0 Å². The molecule has 1 fully saturated rings. The second-order valence-electron chi connectivity index (χ2n) is 19.4. The summed E-state index contributed by atoms with van der Waals surface area (Å²) in [5.74, 6) is 0.480. The maximum atomic E-state index is 14.2. The van der Waals surface area contributed by atoms with Crippen LogP contribution in [0.4, 0.5) is 28.4 Å². The normalized spacial score (nSPS) is 17.9. The van der Waals surface area contributed by atoms with Gasteiger partial charge in [-0.15, -0.1) is 0 Å². The molecule has 5 amide bonds. The summed E-state index contributed by atoms with van der Waals surface area (Å²) in [6, 6.07) is 28.7. The molecule has 0 saturated carbocycles. The van der Waals surface area contributed by atoms with E-state index in [1.165, 1.54) is 7.11 Å². The van der Waals surface area contributed by atoms with Crippen LogP contribution >= 0.6 is 12.6 Å². The molecule has 5 aliphatic rings. The Labute approximate surface area is 453 Å². The Balaban J connectivity index is 0.909. The Kier molecular flexibility index (Phi) is 16.3. The maximum absolute atomic E-state index is 14.2. The van der Waals surface area contributed by atoms with Crippen molar-refractivity contribution < 1.29 is 52.4 Å². The lowest BCUT2D eigenvalue weighted by Crippen LogP contribution is -2.39. The van der Waals surface area contributed by atoms with E-state index in [1.807, 2.05) is 84.8 Å². The molecule has 1 unspecified atom stereocenters. The molecule has 5 aromatic rings. The average Bonchev–Trinajstić information content (AvgIpc) is 4.04. The molecule has 2 N–H and O–H groups in total. The van der Waals surface area contributed by atoms with Gasteiger partial charge in [-0.05, 0) is 84.5 Å². The maximum Gasteiger partial charge on any atom is 0.261 e. The average molecular weight is 1070 g/mol. The molecular weight excluding hydrogens is 1000 g/mol. The second-order valence-corrected chi connectivity index (χ2v) is 20.0. The number of amides is 5. The molecule has 0 aliphatic carbocycles. The summed E-state index contributed by atoms with van der Waals surface area (Å²) in [5, 5.41) is 5.72. The van der Waals surface area contributed by atoms with Gasteiger partial charge in [0.2, 0.25) is 17.7 Å². The molecule has 5 heterocycles. The van der Waals surface area contributed by atoms with Crippen LogP contribution in [0, 0.1) is 0 Å². The lowest BCUT2D eigenvalue weighted by molar-refractivity contribution is -0.138. The third kappa shape index (κ3) is 11.4. The summed E-state index contributed by atoms with van der Waals surface area (Å²) in [6.45, 7) is 5.64. The Bertz CT molecular complexity index is 3100. The number of methoxy groups -OCH3 is 2. The summed E-state index contributed by atoms with van der Waals surface area (Å²) in [4.78, 5) is 78.0. The summed E-state index contributed by atoms with van der Waals surface area (Å²) in [6.07, 6.45) is 3.94. The minimum atomic E-state index is -0.654. The van der Waals surface area contributed by atoms with Crippen molar-refractivity contribution in [2.75, 3.05) is 93.4 Å². The molecule has 5 aliphatic heterocycles. The SMILES string of the molecule is CCOCCOCCN(CCCC(=O)NCCN1C(=O)CC(S)C1=O)c1cc(COc2cc3c(cc2OC)C(=O)N2c4ccccc4C[C@H]2C=N3)cc(COc2cc3c(cc2OC)C(=O)N2c4ccccc4C[C@H]2CN3)c1. The molecule has 0 aromatic heterocycles. The highest BCUT2D eigenvalue weighted by Crippen LogP contribution is 2.43. The first-order valence-electron chi connectivity index (χ1n) is 26.1. The number of rotatable bonds is 23. The molecule has 0 radical (unpaired) electrons. The standard InChI is InChI=1S/C58H63N7O11S/c1-4-73-20-21-74-19-18-62(16-9-14-54(66)59-15-17-63-55(67)31-53(77)58(63)70)40-23-36(34-75-51-29-45-43(27-49(51)71-2)56(68)64-41(32-60-45)25-38-10-5-7-12-47(38)64)22-37(24-40)35-76-52-30-46-44(28-50(52)72-3)57(69)65-42(33-61-46)26-39-11-6-8-13-48(39)65/h5-8,10-13,22-24,27-30,32,41-42,53,61,77H,4,9,14-21,25-26,31,33-35H2,1-3H3,(H,59,66)/t41-,42-,53?/m0/s1. The molecule has 77 heavy (non-hydrogen) atoms. The molecular formula is C58H63N7O11S. The molecule has 0 spiro atoms.